The first-order valence-corrected chi connectivity index (χ1v) is 6.42. The third-order valence-corrected chi connectivity index (χ3v) is 3.21. The highest BCUT2D eigenvalue weighted by Crippen LogP contribution is 2.33. The van der Waals surface area contributed by atoms with Gasteiger partial charge in [0.1, 0.15) is 12.1 Å². The smallest absolute Gasteiger partial charge is 0.416 e. The summed E-state index contributed by atoms with van der Waals surface area (Å²) in [5.41, 5.74) is 0.910. The Morgan fingerprint density at radius 2 is 2.05 bits per heavy atom. The second-order valence-corrected chi connectivity index (χ2v) is 4.66. The first kappa shape index (κ1) is 13.8. The van der Waals surface area contributed by atoms with Gasteiger partial charge >= 0.3 is 6.18 Å². The van der Waals surface area contributed by atoms with Crippen molar-refractivity contribution in [3.63, 3.8) is 0 Å². The van der Waals surface area contributed by atoms with E-state index in [2.05, 4.69) is 15.3 Å². The van der Waals surface area contributed by atoms with Gasteiger partial charge in [0.15, 0.2) is 0 Å². The Bertz CT molecular complexity index is 658. The fraction of sp³-hybridized carbons (Fsp3) is 0.286. The van der Waals surface area contributed by atoms with Crippen molar-refractivity contribution in [2.45, 2.75) is 19.1 Å². The lowest BCUT2D eigenvalue weighted by atomic mass is 10.1. The van der Waals surface area contributed by atoms with Gasteiger partial charge in [0.2, 0.25) is 5.88 Å². The number of nitrogens with one attached hydrogen (secondary N) is 1. The van der Waals surface area contributed by atoms with Crippen molar-refractivity contribution in [2.24, 2.45) is 0 Å². The maximum absolute atomic E-state index is 12.7. The summed E-state index contributed by atoms with van der Waals surface area (Å²) in [6.07, 6.45) is -2.28. The Morgan fingerprint density at radius 1 is 1.19 bits per heavy atom. The predicted molar refractivity (Wildman–Crippen MR) is 69.0 cm³/mol. The molecule has 21 heavy (non-hydrogen) atoms. The molecule has 110 valence electrons. The zero-order valence-corrected chi connectivity index (χ0v) is 10.9. The van der Waals surface area contributed by atoms with E-state index in [1.54, 1.807) is 0 Å². The molecule has 0 saturated heterocycles. The van der Waals surface area contributed by atoms with Crippen LogP contribution in [-0.2, 0) is 19.1 Å². The molecule has 0 spiro atoms. The van der Waals surface area contributed by atoms with Crippen molar-refractivity contribution in [3.8, 4) is 11.6 Å². The SMILES string of the molecule is FC(F)(F)c1cccc(Oc2ncnc3c2CNCC3)c1. The van der Waals surface area contributed by atoms with Gasteiger partial charge in [-0.15, -0.1) is 0 Å². The molecule has 3 rings (SSSR count). The molecular weight excluding hydrogens is 283 g/mol. The lowest BCUT2D eigenvalue weighted by molar-refractivity contribution is -0.137. The van der Waals surface area contributed by atoms with Crippen LogP contribution in [0.2, 0.25) is 0 Å². The quantitative estimate of drug-likeness (QED) is 0.925. The summed E-state index contributed by atoms with van der Waals surface area (Å²) in [6, 6.07) is 4.75. The number of hydrogen-bond acceptors (Lipinski definition) is 4. The van der Waals surface area contributed by atoms with Crippen LogP contribution in [0.25, 0.3) is 0 Å². The van der Waals surface area contributed by atoms with E-state index in [-0.39, 0.29) is 5.75 Å². The molecule has 0 amide bonds. The highest BCUT2D eigenvalue weighted by molar-refractivity contribution is 5.37. The molecule has 1 N–H and O–H groups in total. The highest BCUT2D eigenvalue weighted by Gasteiger charge is 2.30. The van der Waals surface area contributed by atoms with Crippen LogP contribution in [0.5, 0.6) is 11.6 Å². The number of halogens is 3. The fourth-order valence-electron chi connectivity index (χ4n) is 2.18. The number of aromatic nitrogens is 2. The topological polar surface area (TPSA) is 47.0 Å². The minimum absolute atomic E-state index is 0.108. The van der Waals surface area contributed by atoms with Crippen LogP contribution in [0, 0.1) is 0 Å². The standard InChI is InChI=1S/C14H12F3N3O/c15-14(16,17)9-2-1-3-10(6-9)21-13-11-7-18-5-4-12(11)19-8-20-13/h1-3,6,8,18H,4-5,7H2. The molecule has 0 bridgehead atoms. The minimum atomic E-state index is -4.40. The Balaban J connectivity index is 1.91. The molecule has 1 aliphatic heterocycles. The van der Waals surface area contributed by atoms with Crippen LogP contribution >= 0.6 is 0 Å². The molecule has 2 heterocycles. The van der Waals surface area contributed by atoms with Gasteiger partial charge in [-0.05, 0) is 18.2 Å². The maximum atomic E-state index is 12.7. The molecular formula is C14H12F3N3O. The van der Waals surface area contributed by atoms with Crippen LogP contribution in [0.1, 0.15) is 16.8 Å². The number of rotatable bonds is 2. The van der Waals surface area contributed by atoms with Gasteiger partial charge in [-0.3, -0.25) is 0 Å². The number of fused-ring (bicyclic) bond motifs is 1. The zero-order valence-electron chi connectivity index (χ0n) is 10.9. The third kappa shape index (κ3) is 2.97. The number of hydrogen-bond donors (Lipinski definition) is 1. The van der Waals surface area contributed by atoms with E-state index in [0.29, 0.717) is 12.4 Å². The van der Waals surface area contributed by atoms with Gasteiger partial charge in [0.05, 0.1) is 16.8 Å². The molecule has 0 unspecified atom stereocenters. The molecule has 0 radical (unpaired) electrons. The summed E-state index contributed by atoms with van der Waals surface area (Å²) in [5.74, 6) is 0.405. The summed E-state index contributed by atoms with van der Waals surface area (Å²) in [7, 11) is 0. The molecule has 4 nitrogen and oxygen atoms in total. The van der Waals surface area contributed by atoms with Crippen molar-refractivity contribution >= 4 is 0 Å². The van der Waals surface area contributed by atoms with E-state index >= 15 is 0 Å². The average molecular weight is 295 g/mol. The van der Waals surface area contributed by atoms with Gasteiger partial charge in [-0.25, -0.2) is 9.97 Å². The van der Waals surface area contributed by atoms with Crippen LogP contribution in [0.15, 0.2) is 30.6 Å². The van der Waals surface area contributed by atoms with E-state index in [1.165, 1.54) is 18.5 Å². The molecule has 7 heteroatoms. The van der Waals surface area contributed by atoms with Crippen molar-refractivity contribution in [3.05, 3.63) is 47.4 Å². The predicted octanol–water partition coefficient (Wildman–Crippen LogP) is 2.93. The summed E-state index contributed by atoms with van der Waals surface area (Å²) < 4.78 is 43.6. The normalized spacial score (nSPS) is 14.6. The Hall–Kier alpha value is -2.15. The van der Waals surface area contributed by atoms with Crippen LogP contribution < -0.4 is 10.1 Å². The van der Waals surface area contributed by atoms with Gasteiger partial charge < -0.3 is 10.1 Å². The molecule has 1 aromatic heterocycles. The molecule has 0 atom stereocenters. The molecule has 2 aromatic rings. The molecule has 0 fully saturated rings. The van der Waals surface area contributed by atoms with E-state index in [1.807, 2.05) is 0 Å². The van der Waals surface area contributed by atoms with Crippen molar-refractivity contribution < 1.29 is 17.9 Å². The summed E-state index contributed by atoms with van der Waals surface area (Å²) in [6.45, 7) is 1.36. The highest BCUT2D eigenvalue weighted by atomic mass is 19.4. The average Bonchev–Trinajstić information content (AvgIpc) is 2.47. The first-order valence-electron chi connectivity index (χ1n) is 6.42. The monoisotopic (exact) mass is 295 g/mol. The van der Waals surface area contributed by atoms with E-state index in [4.69, 9.17) is 4.74 Å². The van der Waals surface area contributed by atoms with E-state index in [0.717, 1.165) is 36.4 Å². The summed E-state index contributed by atoms with van der Waals surface area (Å²) in [4.78, 5) is 8.19. The largest absolute Gasteiger partial charge is 0.439 e. The number of ether oxygens (including phenoxy) is 1. The van der Waals surface area contributed by atoms with Gasteiger partial charge in [0, 0.05) is 19.5 Å². The molecule has 0 aliphatic carbocycles. The van der Waals surface area contributed by atoms with E-state index in [9.17, 15) is 13.2 Å². The molecule has 1 aromatic carbocycles. The van der Waals surface area contributed by atoms with Gasteiger partial charge in [-0.2, -0.15) is 13.2 Å². The Labute approximate surface area is 119 Å². The van der Waals surface area contributed by atoms with Crippen LogP contribution in [0.3, 0.4) is 0 Å². The zero-order chi connectivity index (χ0) is 14.9. The number of alkyl halides is 3. The lowest BCUT2D eigenvalue weighted by Gasteiger charge is -2.18. The first-order chi connectivity index (χ1) is 10.0. The molecule has 1 aliphatic rings. The second kappa shape index (κ2) is 5.33. The third-order valence-electron chi connectivity index (χ3n) is 3.21. The van der Waals surface area contributed by atoms with E-state index < -0.39 is 11.7 Å². The summed E-state index contributed by atoms with van der Waals surface area (Å²) in [5, 5.41) is 3.16. The number of nitrogens with zero attached hydrogens (tertiary/aromatic N) is 2. The minimum Gasteiger partial charge on any atom is -0.439 e. The Kier molecular flexibility index (Phi) is 3.50. The lowest BCUT2D eigenvalue weighted by Crippen LogP contribution is -2.25. The van der Waals surface area contributed by atoms with Crippen molar-refractivity contribution in [1.82, 2.24) is 15.3 Å². The number of benzene rings is 1. The summed E-state index contributed by atoms with van der Waals surface area (Å²) >= 11 is 0. The molecule has 0 saturated carbocycles. The van der Waals surface area contributed by atoms with Crippen molar-refractivity contribution in [1.29, 1.82) is 0 Å². The fourth-order valence-corrected chi connectivity index (χ4v) is 2.18. The van der Waals surface area contributed by atoms with Crippen molar-refractivity contribution in [2.75, 3.05) is 6.54 Å². The van der Waals surface area contributed by atoms with Gasteiger partial charge in [0.25, 0.3) is 0 Å². The second-order valence-electron chi connectivity index (χ2n) is 4.66. The Morgan fingerprint density at radius 3 is 2.86 bits per heavy atom. The maximum Gasteiger partial charge on any atom is 0.416 e. The van der Waals surface area contributed by atoms with Crippen LogP contribution in [-0.4, -0.2) is 16.5 Å². The van der Waals surface area contributed by atoms with Gasteiger partial charge in [-0.1, -0.05) is 6.07 Å². The van der Waals surface area contributed by atoms with Crippen LogP contribution in [0.4, 0.5) is 13.2 Å².